The molecule has 2 N–H and O–H groups in total. The smallest absolute Gasteiger partial charge is 0.171 e. The molecule has 0 aliphatic carbocycles. The van der Waals surface area contributed by atoms with E-state index in [-0.39, 0.29) is 6.61 Å². The lowest BCUT2D eigenvalue weighted by Gasteiger charge is -2.38. The number of rotatable bonds is 25. The highest BCUT2D eigenvalue weighted by Gasteiger charge is 2.47. The van der Waals surface area contributed by atoms with Crippen LogP contribution in [0.5, 0.6) is 0 Å². The minimum absolute atomic E-state index is 0.0804. The molecule has 1 heterocycles. The number of aliphatic hydroxyl groups excluding tert-OH is 1. The average Bonchev–Trinajstić information content (AvgIpc) is 3.69. The Morgan fingerprint density at radius 2 is 1.10 bits per heavy atom. The minimum Gasteiger partial charge on any atom is -0.388 e. The van der Waals surface area contributed by atoms with Gasteiger partial charge in [0, 0.05) is 6.20 Å². The monoisotopic (exact) mass is 689 g/mol. The summed E-state index contributed by atoms with van der Waals surface area (Å²) in [6.45, 7) is 7.88. The molecule has 0 radical (unpaired) electrons. The van der Waals surface area contributed by atoms with E-state index >= 15 is 0 Å². The fourth-order valence-electron chi connectivity index (χ4n) is 6.07. The highest BCUT2D eigenvalue weighted by atomic mass is 31.2. The SMILES string of the molecule is CCCC[P+](CCCC)(CCCC)O[C@@H](c1ccn[nH]1)C(OCc1ccccc1)C(OCc1ccccc1)C(O)COCc1ccccc1. The Balaban J connectivity index is 1.73. The van der Waals surface area contributed by atoms with Crippen LogP contribution in [-0.4, -0.2) is 58.7 Å². The number of unbranched alkanes of at least 4 members (excludes halogenated alkanes) is 3. The summed E-state index contributed by atoms with van der Waals surface area (Å²) in [7, 11) is -1.90. The first-order chi connectivity index (χ1) is 24.1. The topological polar surface area (TPSA) is 85.8 Å². The first-order valence-electron chi connectivity index (χ1n) is 18.2. The normalized spacial score (nSPS) is 14.4. The Bertz CT molecular complexity index is 1360. The maximum absolute atomic E-state index is 12.0. The van der Waals surface area contributed by atoms with Gasteiger partial charge in [-0.15, -0.1) is 0 Å². The number of aromatic amines is 1. The zero-order chi connectivity index (χ0) is 34.6. The summed E-state index contributed by atoms with van der Waals surface area (Å²) in [5.74, 6) is 0. The average molecular weight is 690 g/mol. The van der Waals surface area contributed by atoms with E-state index in [9.17, 15) is 5.11 Å². The van der Waals surface area contributed by atoms with Gasteiger partial charge in [-0.25, -0.2) is 4.52 Å². The van der Waals surface area contributed by atoms with Gasteiger partial charge in [0.15, 0.2) is 6.10 Å². The summed E-state index contributed by atoms with van der Waals surface area (Å²) in [5.41, 5.74) is 3.93. The molecule has 7 nitrogen and oxygen atoms in total. The fourth-order valence-corrected chi connectivity index (χ4v) is 10.5. The molecule has 4 atom stereocenters. The molecule has 0 spiro atoms. The highest BCUT2D eigenvalue weighted by molar-refractivity contribution is 7.71. The van der Waals surface area contributed by atoms with Crippen LogP contribution in [0, 0.1) is 0 Å². The Morgan fingerprint density at radius 3 is 1.55 bits per heavy atom. The number of hydrogen-bond donors (Lipinski definition) is 2. The number of benzene rings is 3. The van der Waals surface area contributed by atoms with E-state index in [4.69, 9.17) is 18.7 Å². The van der Waals surface area contributed by atoms with E-state index in [0.717, 1.165) is 79.4 Å². The molecule has 8 heteroatoms. The first kappa shape index (κ1) is 38.9. The van der Waals surface area contributed by atoms with Crippen molar-refractivity contribution in [3.05, 3.63) is 126 Å². The molecule has 3 unspecified atom stereocenters. The van der Waals surface area contributed by atoms with Crippen molar-refractivity contribution in [3.63, 3.8) is 0 Å². The maximum Gasteiger partial charge on any atom is 0.171 e. The summed E-state index contributed by atoms with van der Waals surface area (Å²) < 4.78 is 27.3. The fraction of sp³-hybridized carbons (Fsp3) is 0.488. The molecule has 0 bridgehead atoms. The van der Waals surface area contributed by atoms with E-state index in [1.54, 1.807) is 6.20 Å². The van der Waals surface area contributed by atoms with Crippen LogP contribution in [0.25, 0.3) is 0 Å². The van der Waals surface area contributed by atoms with Crippen molar-refractivity contribution in [1.29, 1.82) is 0 Å². The quantitative estimate of drug-likeness (QED) is 0.0675. The van der Waals surface area contributed by atoms with Gasteiger partial charge in [0.05, 0.1) is 50.6 Å². The summed E-state index contributed by atoms with van der Waals surface area (Å²) in [6.07, 6.45) is 8.74. The van der Waals surface area contributed by atoms with E-state index in [1.807, 2.05) is 84.9 Å². The van der Waals surface area contributed by atoms with Crippen LogP contribution in [0.3, 0.4) is 0 Å². The predicted molar refractivity (Wildman–Crippen MR) is 201 cm³/mol. The Kier molecular flexibility index (Phi) is 17.5. The number of H-pyrrole nitrogens is 1. The molecular formula is C41H58N2O5P+. The van der Waals surface area contributed by atoms with Gasteiger partial charge >= 0.3 is 0 Å². The molecule has 0 aliphatic rings. The van der Waals surface area contributed by atoms with E-state index in [0.29, 0.717) is 19.8 Å². The molecule has 0 saturated heterocycles. The van der Waals surface area contributed by atoms with E-state index < -0.39 is 31.9 Å². The number of aromatic nitrogens is 2. The zero-order valence-corrected chi connectivity index (χ0v) is 30.7. The van der Waals surface area contributed by atoms with Crippen molar-refractivity contribution in [2.24, 2.45) is 0 Å². The number of hydrogen-bond acceptors (Lipinski definition) is 6. The van der Waals surface area contributed by atoms with Crippen molar-refractivity contribution in [2.45, 2.75) is 104 Å². The minimum atomic E-state index is -1.90. The summed E-state index contributed by atoms with van der Waals surface area (Å²) in [6, 6.07) is 32.2. The van der Waals surface area contributed by atoms with Crippen LogP contribution in [0.15, 0.2) is 103 Å². The van der Waals surface area contributed by atoms with Crippen molar-refractivity contribution < 1.29 is 23.8 Å². The first-order valence-corrected chi connectivity index (χ1v) is 20.5. The molecular weight excluding hydrogens is 631 g/mol. The lowest BCUT2D eigenvalue weighted by molar-refractivity contribution is -0.173. The number of ether oxygens (including phenoxy) is 3. The van der Waals surface area contributed by atoms with Crippen LogP contribution in [0.2, 0.25) is 0 Å². The van der Waals surface area contributed by atoms with Crippen LogP contribution in [0.1, 0.15) is 87.8 Å². The Labute approximate surface area is 295 Å². The largest absolute Gasteiger partial charge is 0.388 e. The summed E-state index contributed by atoms with van der Waals surface area (Å²) in [5, 5.41) is 19.6. The molecule has 0 saturated carbocycles. The van der Waals surface area contributed by atoms with Crippen LogP contribution < -0.4 is 0 Å². The highest BCUT2D eigenvalue weighted by Crippen LogP contribution is 2.65. The third-order valence-corrected chi connectivity index (χ3v) is 13.0. The van der Waals surface area contributed by atoms with Crippen molar-refractivity contribution in [2.75, 3.05) is 25.1 Å². The third kappa shape index (κ3) is 13.1. The zero-order valence-electron chi connectivity index (χ0n) is 29.8. The molecule has 0 aliphatic heterocycles. The molecule has 3 aromatic carbocycles. The predicted octanol–water partition coefficient (Wildman–Crippen LogP) is 9.55. The second-order valence-electron chi connectivity index (χ2n) is 12.9. The van der Waals surface area contributed by atoms with Gasteiger partial charge in [-0.2, -0.15) is 5.10 Å². The molecule has 49 heavy (non-hydrogen) atoms. The molecule has 4 rings (SSSR count). The van der Waals surface area contributed by atoms with E-state index in [2.05, 4.69) is 43.1 Å². The lowest BCUT2D eigenvalue weighted by Crippen LogP contribution is -2.47. The molecule has 4 aromatic rings. The second kappa shape index (κ2) is 22.0. The second-order valence-corrected chi connectivity index (χ2v) is 16.6. The van der Waals surface area contributed by atoms with Gasteiger partial charge < -0.3 is 19.3 Å². The molecule has 0 fully saturated rings. The van der Waals surface area contributed by atoms with Crippen molar-refractivity contribution >= 4 is 7.49 Å². The Hall–Kier alpha value is -2.90. The Morgan fingerprint density at radius 1 is 0.633 bits per heavy atom. The molecule has 1 aromatic heterocycles. The van der Waals surface area contributed by atoms with Crippen LogP contribution in [0.4, 0.5) is 0 Å². The number of nitrogens with one attached hydrogen (secondary N) is 1. The van der Waals surface area contributed by atoms with Gasteiger partial charge in [0.25, 0.3) is 0 Å². The van der Waals surface area contributed by atoms with Crippen molar-refractivity contribution in [1.82, 2.24) is 10.2 Å². The number of aliphatic hydroxyl groups is 1. The van der Waals surface area contributed by atoms with Gasteiger partial charge in [-0.1, -0.05) is 131 Å². The van der Waals surface area contributed by atoms with Gasteiger partial charge in [0.2, 0.25) is 0 Å². The summed E-state index contributed by atoms with van der Waals surface area (Å²) in [4.78, 5) is 0. The third-order valence-electron chi connectivity index (χ3n) is 8.90. The maximum atomic E-state index is 12.0. The van der Waals surface area contributed by atoms with Gasteiger partial charge in [-0.05, 0) is 42.0 Å². The van der Waals surface area contributed by atoms with Crippen molar-refractivity contribution in [3.8, 4) is 0 Å². The number of nitrogens with zero attached hydrogens (tertiary/aromatic N) is 1. The standard InChI is InChI=1S/C41H58N2O5P/c1-4-7-27-49(28-8-5-2,29-9-6-3)48-39(37-25-26-42-43-37)41(47-32-36-23-17-12-18-24-36)40(46-31-35-21-15-11-16-22-35)38(44)33-45-30-34-19-13-10-14-20-34/h10-26,38-41,44H,4-9,27-33H2,1-3H3,(H,42,43)/q+1/t38?,39-,40?,41?/m0/s1. The molecule has 266 valence electrons. The summed E-state index contributed by atoms with van der Waals surface area (Å²) >= 11 is 0. The van der Waals surface area contributed by atoms with Crippen LogP contribution >= 0.6 is 7.49 Å². The van der Waals surface area contributed by atoms with Crippen LogP contribution in [-0.2, 0) is 38.6 Å². The van der Waals surface area contributed by atoms with E-state index in [1.165, 1.54) is 0 Å². The van der Waals surface area contributed by atoms with Gasteiger partial charge in [-0.3, -0.25) is 5.10 Å². The van der Waals surface area contributed by atoms with Gasteiger partial charge in [0.1, 0.15) is 25.8 Å². The lowest BCUT2D eigenvalue weighted by atomic mass is 10.00. The molecule has 0 amide bonds.